The van der Waals surface area contributed by atoms with Crippen LogP contribution in [-0.4, -0.2) is 23.3 Å². The minimum atomic E-state index is -0.500. The van der Waals surface area contributed by atoms with Gasteiger partial charge < -0.3 is 15.1 Å². The van der Waals surface area contributed by atoms with E-state index in [1.54, 1.807) is 30.5 Å². The summed E-state index contributed by atoms with van der Waals surface area (Å²) in [7, 11) is 0. The fourth-order valence-corrected chi connectivity index (χ4v) is 3.88. The highest BCUT2D eigenvalue weighted by atomic mass is 35.5. The molecule has 178 valence electrons. The molecule has 0 spiro atoms. The van der Waals surface area contributed by atoms with Crippen LogP contribution >= 0.6 is 11.6 Å². The van der Waals surface area contributed by atoms with Crippen LogP contribution in [0.15, 0.2) is 89.5 Å². The predicted molar refractivity (Wildman–Crippen MR) is 136 cm³/mol. The molecule has 0 saturated heterocycles. The van der Waals surface area contributed by atoms with Gasteiger partial charge in [0, 0.05) is 18.5 Å². The number of aryl methyl sites for hydroxylation is 1. The molecule has 3 aromatic carbocycles. The molecule has 0 fully saturated rings. The summed E-state index contributed by atoms with van der Waals surface area (Å²) in [5.41, 5.74) is 4.03. The number of aromatic nitrogens is 1. The summed E-state index contributed by atoms with van der Waals surface area (Å²) < 4.78 is 5.58. The number of carbonyl (C=O) groups is 2. The first-order valence-electron chi connectivity index (χ1n) is 11.4. The second-order valence-corrected chi connectivity index (χ2v) is 8.64. The maximum absolute atomic E-state index is 12.8. The molecule has 1 aromatic heterocycles. The van der Waals surface area contributed by atoms with E-state index in [1.807, 2.05) is 61.5 Å². The number of amides is 2. The van der Waals surface area contributed by atoms with Crippen molar-refractivity contribution < 1.29 is 14.0 Å². The highest BCUT2D eigenvalue weighted by Crippen LogP contribution is 2.21. The first-order chi connectivity index (χ1) is 17.0. The van der Waals surface area contributed by atoms with Crippen LogP contribution < -0.4 is 10.6 Å². The van der Waals surface area contributed by atoms with E-state index in [2.05, 4.69) is 15.6 Å². The van der Waals surface area contributed by atoms with Gasteiger partial charge in [0.25, 0.3) is 5.91 Å². The molecule has 0 radical (unpaired) electrons. The summed E-state index contributed by atoms with van der Waals surface area (Å²) in [6.45, 7) is 2.43. The molecule has 4 aromatic rings. The van der Waals surface area contributed by atoms with Crippen LogP contribution in [0.2, 0.25) is 5.02 Å². The Balaban J connectivity index is 1.35. The molecule has 0 bridgehead atoms. The van der Waals surface area contributed by atoms with E-state index in [4.69, 9.17) is 16.0 Å². The van der Waals surface area contributed by atoms with E-state index in [0.717, 1.165) is 16.8 Å². The van der Waals surface area contributed by atoms with Gasteiger partial charge in [-0.1, -0.05) is 71.8 Å². The SMILES string of the molecule is Cc1ccc(-c2nc(CCNC(=O)CC(NC(=O)c3ccccc3Cl)c3ccccc3)co2)cc1. The summed E-state index contributed by atoms with van der Waals surface area (Å²) >= 11 is 6.18. The van der Waals surface area contributed by atoms with Crippen LogP contribution in [0.1, 0.15) is 39.6 Å². The standard InChI is InChI=1S/C28H26ClN3O3/c1-19-11-13-21(14-12-19)28-31-22(18-35-28)15-16-30-26(33)17-25(20-7-3-2-4-8-20)32-27(34)23-9-5-6-10-24(23)29/h2-14,18,25H,15-17H2,1H3,(H,30,33)(H,32,34). The third kappa shape index (κ3) is 6.58. The summed E-state index contributed by atoms with van der Waals surface area (Å²) in [5.74, 6) is 0.0433. The van der Waals surface area contributed by atoms with E-state index >= 15 is 0 Å². The van der Waals surface area contributed by atoms with Gasteiger partial charge in [-0.05, 0) is 36.8 Å². The highest BCUT2D eigenvalue weighted by molar-refractivity contribution is 6.33. The predicted octanol–water partition coefficient (Wildman–Crippen LogP) is 5.52. The van der Waals surface area contributed by atoms with Crippen molar-refractivity contribution in [3.05, 3.63) is 113 Å². The number of benzene rings is 3. The number of halogens is 1. The largest absolute Gasteiger partial charge is 0.444 e. The Morgan fingerprint density at radius 1 is 0.971 bits per heavy atom. The van der Waals surface area contributed by atoms with E-state index in [9.17, 15) is 9.59 Å². The van der Waals surface area contributed by atoms with Crippen LogP contribution in [0.4, 0.5) is 0 Å². The van der Waals surface area contributed by atoms with Crippen molar-refractivity contribution >= 4 is 23.4 Å². The van der Waals surface area contributed by atoms with Crippen LogP contribution in [0.5, 0.6) is 0 Å². The maximum Gasteiger partial charge on any atom is 0.253 e. The molecule has 6 nitrogen and oxygen atoms in total. The van der Waals surface area contributed by atoms with Gasteiger partial charge >= 0.3 is 0 Å². The Morgan fingerprint density at radius 3 is 2.43 bits per heavy atom. The van der Waals surface area contributed by atoms with Gasteiger partial charge in [0.2, 0.25) is 11.8 Å². The molecular formula is C28H26ClN3O3. The van der Waals surface area contributed by atoms with Gasteiger partial charge in [-0.25, -0.2) is 4.98 Å². The van der Waals surface area contributed by atoms with Crippen molar-refractivity contribution in [2.75, 3.05) is 6.54 Å². The van der Waals surface area contributed by atoms with Gasteiger partial charge in [0.15, 0.2) is 0 Å². The molecule has 1 heterocycles. The summed E-state index contributed by atoms with van der Waals surface area (Å²) in [4.78, 5) is 30.1. The Labute approximate surface area is 209 Å². The highest BCUT2D eigenvalue weighted by Gasteiger charge is 2.20. The van der Waals surface area contributed by atoms with Crippen molar-refractivity contribution in [1.29, 1.82) is 0 Å². The first kappa shape index (κ1) is 24.2. The van der Waals surface area contributed by atoms with Crippen molar-refractivity contribution in [2.24, 2.45) is 0 Å². The Kier molecular flexibility index (Phi) is 7.95. The van der Waals surface area contributed by atoms with Gasteiger partial charge in [-0.15, -0.1) is 0 Å². The number of hydrogen-bond acceptors (Lipinski definition) is 4. The summed E-state index contributed by atoms with van der Waals surface area (Å²) in [6, 6.07) is 23.7. The molecule has 7 heteroatoms. The lowest BCUT2D eigenvalue weighted by molar-refractivity contribution is -0.121. The molecular weight excluding hydrogens is 462 g/mol. The third-order valence-corrected chi connectivity index (χ3v) is 5.90. The quantitative estimate of drug-likeness (QED) is 0.325. The molecule has 2 amide bonds. The molecule has 0 saturated carbocycles. The minimum Gasteiger partial charge on any atom is -0.444 e. The van der Waals surface area contributed by atoms with Crippen molar-refractivity contribution in [2.45, 2.75) is 25.8 Å². The smallest absolute Gasteiger partial charge is 0.253 e. The van der Waals surface area contributed by atoms with Crippen molar-refractivity contribution in [3.63, 3.8) is 0 Å². The van der Waals surface area contributed by atoms with E-state index < -0.39 is 6.04 Å². The topological polar surface area (TPSA) is 84.2 Å². The zero-order valence-electron chi connectivity index (χ0n) is 19.3. The van der Waals surface area contributed by atoms with Gasteiger partial charge in [-0.3, -0.25) is 9.59 Å². The number of rotatable bonds is 9. The monoisotopic (exact) mass is 487 g/mol. The molecule has 2 N–H and O–H groups in total. The van der Waals surface area contributed by atoms with Crippen LogP contribution in [-0.2, 0) is 11.2 Å². The third-order valence-electron chi connectivity index (χ3n) is 5.57. The number of carbonyl (C=O) groups excluding carboxylic acids is 2. The second kappa shape index (κ2) is 11.5. The lowest BCUT2D eigenvalue weighted by Crippen LogP contribution is -2.34. The normalized spacial score (nSPS) is 11.6. The Hall–Kier alpha value is -3.90. The molecule has 4 rings (SSSR count). The average molecular weight is 488 g/mol. The fraction of sp³-hybridized carbons (Fsp3) is 0.179. The molecule has 35 heavy (non-hydrogen) atoms. The minimum absolute atomic E-state index is 0.0909. The van der Waals surface area contributed by atoms with E-state index in [-0.39, 0.29) is 18.2 Å². The second-order valence-electron chi connectivity index (χ2n) is 8.23. The van der Waals surface area contributed by atoms with Gasteiger partial charge in [0.1, 0.15) is 6.26 Å². The van der Waals surface area contributed by atoms with Gasteiger partial charge in [-0.2, -0.15) is 0 Å². The van der Waals surface area contributed by atoms with Crippen molar-refractivity contribution in [3.8, 4) is 11.5 Å². The number of hydrogen-bond donors (Lipinski definition) is 2. The lowest BCUT2D eigenvalue weighted by atomic mass is 10.0. The zero-order chi connectivity index (χ0) is 24.6. The maximum atomic E-state index is 12.8. The number of nitrogens with zero attached hydrogens (tertiary/aromatic N) is 1. The van der Waals surface area contributed by atoms with Gasteiger partial charge in [0.05, 0.1) is 28.7 Å². The van der Waals surface area contributed by atoms with Crippen molar-refractivity contribution in [1.82, 2.24) is 15.6 Å². The first-order valence-corrected chi connectivity index (χ1v) is 11.8. The summed E-state index contributed by atoms with van der Waals surface area (Å²) in [6.07, 6.45) is 2.23. The summed E-state index contributed by atoms with van der Waals surface area (Å²) in [5, 5.41) is 6.22. The van der Waals surface area contributed by atoms with Crippen LogP contribution in [0.25, 0.3) is 11.5 Å². The zero-order valence-corrected chi connectivity index (χ0v) is 20.1. The van der Waals surface area contributed by atoms with E-state index in [1.165, 1.54) is 5.56 Å². The Bertz CT molecular complexity index is 1290. The Morgan fingerprint density at radius 2 is 1.69 bits per heavy atom. The number of oxazole rings is 1. The van der Waals surface area contributed by atoms with E-state index in [0.29, 0.717) is 29.4 Å². The van der Waals surface area contributed by atoms with Crippen LogP contribution in [0.3, 0.4) is 0 Å². The van der Waals surface area contributed by atoms with Crippen LogP contribution in [0, 0.1) is 6.92 Å². The number of nitrogens with one attached hydrogen (secondary N) is 2. The molecule has 1 atom stereocenters. The average Bonchev–Trinajstić information content (AvgIpc) is 3.34. The fourth-order valence-electron chi connectivity index (χ4n) is 3.66. The molecule has 0 aliphatic heterocycles. The molecule has 0 aliphatic rings. The lowest BCUT2D eigenvalue weighted by Gasteiger charge is -2.19. The molecule has 1 unspecified atom stereocenters. The molecule has 0 aliphatic carbocycles.